The smallest absolute Gasteiger partial charge is 0.260 e. The van der Waals surface area contributed by atoms with Crippen molar-refractivity contribution in [3.63, 3.8) is 0 Å². The number of benzene rings is 11. The lowest BCUT2D eigenvalue weighted by Crippen LogP contribution is -2.57. The van der Waals surface area contributed by atoms with E-state index >= 15 is 0 Å². The van der Waals surface area contributed by atoms with Crippen molar-refractivity contribution in [2.24, 2.45) is 0 Å². The highest BCUT2D eigenvalue weighted by Crippen LogP contribution is 2.43. The van der Waals surface area contributed by atoms with E-state index in [2.05, 4.69) is 271 Å². The molecular formula is C71H41BN8O2. The van der Waals surface area contributed by atoms with Crippen LogP contribution in [0.5, 0.6) is 23.0 Å². The molecule has 11 aromatic carbocycles. The Kier molecular flexibility index (Phi) is 8.66. The molecule has 82 heavy (non-hydrogen) atoms. The van der Waals surface area contributed by atoms with Crippen molar-refractivity contribution in [1.82, 2.24) is 37.6 Å². The molecule has 6 aromatic heterocycles. The second kappa shape index (κ2) is 16.2. The number of hydrogen-bond acceptors (Lipinski definition) is 5. The summed E-state index contributed by atoms with van der Waals surface area (Å²) in [7, 11) is 0. The Morgan fingerprint density at radius 2 is 0.866 bits per heavy atom. The van der Waals surface area contributed by atoms with Gasteiger partial charge in [0.2, 0.25) is 11.7 Å². The van der Waals surface area contributed by atoms with Crippen LogP contribution in [0.1, 0.15) is 0 Å². The first-order valence-electron chi connectivity index (χ1n) is 27.7. The fourth-order valence-corrected chi connectivity index (χ4v) is 13.8. The van der Waals surface area contributed by atoms with Gasteiger partial charge in [-0.15, -0.1) is 0 Å². The highest BCUT2D eigenvalue weighted by molar-refractivity contribution is 6.98. The summed E-state index contributed by atoms with van der Waals surface area (Å²) in [6.45, 7) is -0.215. The molecule has 0 aliphatic carbocycles. The Balaban J connectivity index is 0.821. The number of rotatable bonds is 5. The van der Waals surface area contributed by atoms with E-state index in [9.17, 15) is 0 Å². The Morgan fingerprint density at radius 1 is 0.329 bits per heavy atom. The number of hydrogen-bond donors (Lipinski definition) is 0. The number of aromatic nitrogens is 8. The molecule has 0 unspecified atom stereocenters. The molecule has 380 valence electrons. The fourth-order valence-electron chi connectivity index (χ4n) is 13.8. The van der Waals surface area contributed by atoms with E-state index < -0.39 is 0 Å². The summed E-state index contributed by atoms with van der Waals surface area (Å²) in [5, 5.41) is 6.86. The lowest BCUT2D eigenvalue weighted by Gasteiger charge is -2.33. The van der Waals surface area contributed by atoms with E-state index in [-0.39, 0.29) is 6.71 Å². The van der Waals surface area contributed by atoms with Crippen molar-refractivity contribution in [2.75, 3.05) is 0 Å². The second-order valence-electron chi connectivity index (χ2n) is 21.5. The zero-order valence-corrected chi connectivity index (χ0v) is 43.6. The van der Waals surface area contributed by atoms with Gasteiger partial charge in [-0.05, 0) is 95.9 Å². The molecule has 17 aromatic rings. The van der Waals surface area contributed by atoms with Gasteiger partial charge in [0.1, 0.15) is 34.3 Å². The molecule has 0 saturated carbocycles. The highest BCUT2D eigenvalue weighted by Gasteiger charge is 2.41. The number of fused-ring (bicyclic) bond motifs is 19. The minimum Gasteiger partial charge on any atom is -0.458 e. The minimum absolute atomic E-state index is 0.215. The van der Waals surface area contributed by atoms with Crippen LogP contribution in [0.25, 0.3) is 128 Å². The lowest BCUT2D eigenvalue weighted by molar-refractivity contribution is 0.464. The first-order valence-corrected chi connectivity index (χ1v) is 27.7. The molecule has 0 spiro atoms. The molecule has 11 heteroatoms. The molecule has 0 fully saturated rings. The molecule has 0 saturated heterocycles. The maximum atomic E-state index is 7.23. The van der Waals surface area contributed by atoms with Crippen LogP contribution in [0.3, 0.4) is 0 Å². The summed E-state index contributed by atoms with van der Waals surface area (Å²) >= 11 is 0. The van der Waals surface area contributed by atoms with Gasteiger partial charge in [-0.2, -0.15) is 4.98 Å². The summed E-state index contributed by atoms with van der Waals surface area (Å²) < 4.78 is 25.7. The number of imidazole rings is 2. The molecule has 19 rings (SSSR count). The standard InChI is InChI=1S/C71H41BN8O2/c1-2-18-43(19-3-1)77-59-31-15-16-32-60(59)80-61-36-35-50-49-24-8-10-26-54(49)76(69(50)68(61)75-71(77)80)44-39-64-67-65(40-44)82-63-37-34-42(38-52(63)72(67)51-25-9-17-33-62(51)81-64)53-41-66(78-55-27-11-4-20-45(55)46-21-5-12-28-56(46)78)74-70(73-53)79-57-29-13-6-22-47(57)48-23-7-14-30-58(48)79/h1-41H. The number of ether oxygens (including phenoxy) is 2. The first kappa shape index (κ1) is 43.8. The zero-order valence-electron chi connectivity index (χ0n) is 43.6. The summed E-state index contributed by atoms with van der Waals surface area (Å²) in [6.07, 6.45) is 0. The minimum atomic E-state index is -0.215. The fraction of sp³-hybridized carbons (Fsp3) is 0. The SMILES string of the molecule is c1ccc(-n2c3ccccc3n3c4ccc5c6ccccc6n(-c6cc7c8c(c6)Oc6ccc(-c9cc(-n%10c%11ccccc%11c%11ccccc%11%10)nc(-n%10c%11ccccc%11c%11ccccc%11%10)n9)cc6B8c6ccccc6O7)c5c4nc23)cc1. The number of para-hydroxylation sites is 9. The van der Waals surface area contributed by atoms with Crippen LogP contribution in [0, 0.1) is 0 Å². The van der Waals surface area contributed by atoms with Gasteiger partial charge in [0.05, 0.1) is 61.0 Å². The van der Waals surface area contributed by atoms with Crippen LogP contribution in [0.4, 0.5) is 0 Å². The van der Waals surface area contributed by atoms with E-state index in [1.165, 1.54) is 0 Å². The topological polar surface area (TPSA) is 81.3 Å². The normalized spacial score (nSPS) is 12.8. The highest BCUT2D eigenvalue weighted by atomic mass is 16.5. The first-order chi connectivity index (χ1) is 40.7. The maximum absolute atomic E-state index is 7.23. The van der Waals surface area contributed by atoms with E-state index in [0.29, 0.717) is 5.95 Å². The van der Waals surface area contributed by atoms with Crippen molar-refractivity contribution >= 4 is 116 Å². The van der Waals surface area contributed by atoms with Crippen molar-refractivity contribution < 1.29 is 9.47 Å². The van der Waals surface area contributed by atoms with Gasteiger partial charge in [-0.3, -0.25) is 18.1 Å². The molecular weight excluding hydrogens is 1010 g/mol. The Labute approximate surface area is 467 Å². The van der Waals surface area contributed by atoms with Crippen molar-refractivity contribution in [1.29, 1.82) is 0 Å². The van der Waals surface area contributed by atoms with Crippen molar-refractivity contribution in [3.05, 3.63) is 249 Å². The summed E-state index contributed by atoms with van der Waals surface area (Å²) in [5.41, 5.74) is 17.2. The average Bonchev–Trinajstić information content (AvgIpc) is 2.06. The summed E-state index contributed by atoms with van der Waals surface area (Å²) in [6, 6.07) is 87.9. The van der Waals surface area contributed by atoms with E-state index in [1.807, 2.05) is 0 Å². The van der Waals surface area contributed by atoms with E-state index in [1.54, 1.807) is 0 Å². The van der Waals surface area contributed by atoms with Crippen LogP contribution in [-0.2, 0) is 0 Å². The van der Waals surface area contributed by atoms with Gasteiger partial charge in [0.25, 0.3) is 6.71 Å². The van der Waals surface area contributed by atoms with Crippen LogP contribution < -0.4 is 25.9 Å². The molecule has 2 aliphatic heterocycles. The lowest BCUT2D eigenvalue weighted by atomic mass is 9.34. The Bertz CT molecular complexity index is 5370. The van der Waals surface area contributed by atoms with E-state index in [4.69, 9.17) is 24.4 Å². The maximum Gasteiger partial charge on any atom is 0.260 e. The van der Waals surface area contributed by atoms with Crippen LogP contribution in [-0.4, -0.2) is 44.3 Å². The zero-order chi connectivity index (χ0) is 53.3. The molecule has 0 radical (unpaired) electrons. The van der Waals surface area contributed by atoms with Crippen LogP contribution >= 0.6 is 0 Å². The Morgan fingerprint density at radius 3 is 1.52 bits per heavy atom. The predicted molar refractivity (Wildman–Crippen MR) is 331 cm³/mol. The van der Waals surface area contributed by atoms with Gasteiger partial charge >= 0.3 is 0 Å². The Hall–Kier alpha value is -11.2. The summed E-state index contributed by atoms with van der Waals surface area (Å²) in [4.78, 5) is 16.7. The third kappa shape index (κ3) is 5.89. The molecule has 2 aliphatic rings. The van der Waals surface area contributed by atoms with Gasteiger partial charge in [-0.25, -0.2) is 9.97 Å². The number of nitrogens with zero attached hydrogens (tertiary/aromatic N) is 8. The summed E-state index contributed by atoms with van der Waals surface area (Å²) in [5.74, 6) is 5.26. The van der Waals surface area contributed by atoms with Crippen LogP contribution in [0.2, 0.25) is 0 Å². The second-order valence-corrected chi connectivity index (χ2v) is 21.5. The largest absolute Gasteiger partial charge is 0.458 e. The molecule has 8 heterocycles. The van der Waals surface area contributed by atoms with Gasteiger partial charge in [-0.1, -0.05) is 146 Å². The van der Waals surface area contributed by atoms with Crippen LogP contribution in [0.15, 0.2) is 249 Å². The van der Waals surface area contributed by atoms with Gasteiger partial charge in [0, 0.05) is 67.2 Å². The quantitative estimate of drug-likeness (QED) is 0.160. The average molecular weight is 1050 g/mol. The third-order valence-corrected chi connectivity index (χ3v) is 17.2. The molecule has 10 nitrogen and oxygen atoms in total. The van der Waals surface area contributed by atoms with Gasteiger partial charge in [0.15, 0.2) is 0 Å². The molecule has 0 bridgehead atoms. The third-order valence-electron chi connectivity index (χ3n) is 17.2. The van der Waals surface area contributed by atoms with Crippen molar-refractivity contribution in [3.8, 4) is 57.4 Å². The molecule has 0 amide bonds. The van der Waals surface area contributed by atoms with Crippen molar-refractivity contribution in [2.45, 2.75) is 0 Å². The predicted octanol–water partition coefficient (Wildman–Crippen LogP) is 14.9. The molecule has 0 atom stereocenters. The van der Waals surface area contributed by atoms with E-state index in [0.717, 1.165) is 161 Å². The molecule has 0 N–H and O–H groups in total. The monoisotopic (exact) mass is 1050 g/mol. The van der Waals surface area contributed by atoms with Gasteiger partial charge < -0.3 is 14.0 Å².